The van der Waals surface area contributed by atoms with Crippen molar-refractivity contribution in [2.24, 2.45) is 17.8 Å². The van der Waals surface area contributed by atoms with Gasteiger partial charge >= 0.3 is 0 Å². The summed E-state index contributed by atoms with van der Waals surface area (Å²) in [7, 11) is 1.65. The molecule has 1 aromatic rings. The quantitative estimate of drug-likeness (QED) is 0.750. The molecule has 114 valence electrons. The van der Waals surface area contributed by atoms with Gasteiger partial charge in [-0.3, -0.25) is 4.79 Å². The van der Waals surface area contributed by atoms with E-state index in [1.807, 2.05) is 38.1 Å². The highest BCUT2D eigenvalue weighted by Gasteiger charge is 2.39. The predicted octanol–water partition coefficient (Wildman–Crippen LogP) is 3.63. The fourth-order valence-corrected chi connectivity index (χ4v) is 2.98. The van der Waals surface area contributed by atoms with Crippen molar-refractivity contribution >= 4 is 5.78 Å². The van der Waals surface area contributed by atoms with Gasteiger partial charge in [0, 0.05) is 12.3 Å². The maximum atomic E-state index is 11.9. The largest absolute Gasteiger partial charge is 0.497 e. The van der Waals surface area contributed by atoms with Gasteiger partial charge in [0.2, 0.25) is 0 Å². The van der Waals surface area contributed by atoms with E-state index in [2.05, 4.69) is 6.58 Å². The molecule has 0 aliphatic heterocycles. The minimum absolute atomic E-state index is 0.0718. The molecule has 0 aromatic heterocycles. The average molecular weight is 288 g/mol. The molecule has 1 saturated carbocycles. The van der Waals surface area contributed by atoms with E-state index in [0.717, 1.165) is 16.9 Å². The molecule has 1 aliphatic carbocycles. The number of hydrogen-bond acceptors (Lipinski definition) is 3. The number of Topliss-reactive ketones (excluding diaryl/α,β-unsaturated/α-hetero) is 1. The Kier molecular flexibility index (Phi) is 5.18. The van der Waals surface area contributed by atoms with Crippen molar-refractivity contribution in [3.8, 4) is 5.75 Å². The highest BCUT2D eigenvalue weighted by Crippen LogP contribution is 2.38. The highest BCUT2D eigenvalue weighted by molar-refractivity contribution is 5.84. The molecule has 0 N–H and O–H groups in total. The van der Waals surface area contributed by atoms with Crippen molar-refractivity contribution in [1.82, 2.24) is 0 Å². The van der Waals surface area contributed by atoms with Crippen LogP contribution in [0.4, 0.5) is 0 Å². The van der Waals surface area contributed by atoms with Crippen LogP contribution in [-0.2, 0) is 16.1 Å². The molecule has 1 aromatic carbocycles. The Morgan fingerprint density at radius 3 is 2.57 bits per heavy atom. The first-order chi connectivity index (χ1) is 10.0. The summed E-state index contributed by atoms with van der Waals surface area (Å²) >= 11 is 0. The summed E-state index contributed by atoms with van der Waals surface area (Å²) in [5, 5.41) is 0. The Morgan fingerprint density at radius 2 is 2.00 bits per heavy atom. The Labute approximate surface area is 127 Å². The molecule has 0 heterocycles. The zero-order valence-electron chi connectivity index (χ0n) is 13.1. The topological polar surface area (TPSA) is 35.5 Å². The molecule has 0 saturated heterocycles. The fraction of sp³-hybridized carbons (Fsp3) is 0.500. The molecule has 3 heteroatoms. The van der Waals surface area contributed by atoms with Gasteiger partial charge in [-0.2, -0.15) is 0 Å². The summed E-state index contributed by atoms with van der Waals surface area (Å²) < 4.78 is 11.0. The third-order valence-electron chi connectivity index (χ3n) is 4.46. The monoisotopic (exact) mass is 288 g/mol. The number of rotatable bonds is 6. The third kappa shape index (κ3) is 3.73. The second-order valence-corrected chi connectivity index (χ2v) is 5.94. The number of carbonyl (C=O) groups is 1. The van der Waals surface area contributed by atoms with E-state index in [-0.39, 0.29) is 17.8 Å². The van der Waals surface area contributed by atoms with Crippen molar-refractivity contribution in [3.05, 3.63) is 42.0 Å². The maximum absolute atomic E-state index is 11.9. The molecule has 0 spiro atoms. The number of benzene rings is 1. The van der Waals surface area contributed by atoms with Crippen LogP contribution in [0, 0.1) is 17.8 Å². The first kappa shape index (κ1) is 15.8. The maximum Gasteiger partial charge on any atom is 0.136 e. The summed E-state index contributed by atoms with van der Waals surface area (Å²) in [5.74, 6) is 1.77. The molecule has 1 aliphatic rings. The van der Waals surface area contributed by atoms with Crippen LogP contribution in [0.25, 0.3) is 0 Å². The van der Waals surface area contributed by atoms with Crippen LogP contribution >= 0.6 is 0 Å². The molecule has 0 bridgehead atoms. The molecular formula is C18H24O3. The van der Waals surface area contributed by atoms with Crippen LogP contribution in [0.5, 0.6) is 5.75 Å². The smallest absolute Gasteiger partial charge is 0.136 e. The van der Waals surface area contributed by atoms with Gasteiger partial charge in [-0.15, -0.1) is 0 Å². The van der Waals surface area contributed by atoms with Gasteiger partial charge in [0.05, 0.1) is 20.3 Å². The lowest BCUT2D eigenvalue weighted by atomic mass is 9.87. The van der Waals surface area contributed by atoms with Gasteiger partial charge in [0.1, 0.15) is 11.5 Å². The molecule has 21 heavy (non-hydrogen) atoms. The number of hydrogen-bond donors (Lipinski definition) is 0. The molecule has 2 rings (SSSR count). The zero-order chi connectivity index (χ0) is 15.4. The van der Waals surface area contributed by atoms with Crippen molar-refractivity contribution in [1.29, 1.82) is 0 Å². The predicted molar refractivity (Wildman–Crippen MR) is 83.2 cm³/mol. The number of ether oxygens (including phenoxy) is 2. The van der Waals surface area contributed by atoms with Crippen LogP contribution in [0.15, 0.2) is 36.4 Å². The molecule has 0 unspecified atom stereocenters. The van der Waals surface area contributed by atoms with Crippen molar-refractivity contribution < 1.29 is 14.3 Å². The lowest BCUT2D eigenvalue weighted by Crippen LogP contribution is -2.21. The van der Waals surface area contributed by atoms with Gasteiger partial charge in [0.25, 0.3) is 0 Å². The van der Waals surface area contributed by atoms with E-state index in [0.29, 0.717) is 25.4 Å². The molecule has 3 nitrogen and oxygen atoms in total. The van der Waals surface area contributed by atoms with Gasteiger partial charge < -0.3 is 9.47 Å². The average Bonchev–Trinajstić information content (AvgIpc) is 2.76. The van der Waals surface area contributed by atoms with Crippen LogP contribution in [0.3, 0.4) is 0 Å². The standard InChI is InChI=1S/C18H24O3/c1-12(2)16-9-18(19)13(3)17(16)11-21-10-14-5-7-15(20-4)8-6-14/h5-8,13,16-17H,1,9-11H2,2-4H3/t13-,16-,17-/m1/s1. The van der Waals surface area contributed by atoms with E-state index in [9.17, 15) is 4.79 Å². The van der Waals surface area contributed by atoms with Gasteiger partial charge in [0.15, 0.2) is 0 Å². The second kappa shape index (κ2) is 6.90. The first-order valence-corrected chi connectivity index (χ1v) is 7.41. The van der Waals surface area contributed by atoms with Crippen molar-refractivity contribution in [3.63, 3.8) is 0 Å². The Balaban J connectivity index is 1.89. The minimum atomic E-state index is 0.0718. The van der Waals surface area contributed by atoms with Crippen LogP contribution in [0.1, 0.15) is 25.8 Å². The third-order valence-corrected chi connectivity index (χ3v) is 4.46. The van der Waals surface area contributed by atoms with E-state index < -0.39 is 0 Å². The number of allylic oxidation sites excluding steroid dienone is 1. The summed E-state index contributed by atoms with van der Waals surface area (Å²) in [6, 6.07) is 7.85. The Bertz CT molecular complexity index is 504. The number of ketones is 1. The summed E-state index contributed by atoms with van der Waals surface area (Å²) in [5.41, 5.74) is 2.20. The Morgan fingerprint density at radius 1 is 1.33 bits per heavy atom. The Hall–Kier alpha value is -1.61. The lowest BCUT2D eigenvalue weighted by Gasteiger charge is -2.22. The number of methoxy groups -OCH3 is 1. The highest BCUT2D eigenvalue weighted by atomic mass is 16.5. The molecule has 3 atom stereocenters. The minimum Gasteiger partial charge on any atom is -0.497 e. The molecule has 0 radical (unpaired) electrons. The second-order valence-electron chi connectivity index (χ2n) is 5.94. The zero-order valence-corrected chi connectivity index (χ0v) is 13.1. The number of carbonyl (C=O) groups excluding carboxylic acids is 1. The normalized spacial score (nSPS) is 25.1. The fourth-order valence-electron chi connectivity index (χ4n) is 2.98. The van der Waals surface area contributed by atoms with E-state index in [4.69, 9.17) is 9.47 Å². The van der Waals surface area contributed by atoms with E-state index >= 15 is 0 Å². The van der Waals surface area contributed by atoms with Crippen molar-refractivity contribution in [2.75, 3.05) is 13.7 Å². The first-order valence-electron chi connectivity index (χ1n) is 7.41. The van der Waals surface area contributed by atoms with Crippen LogP contribution < -0.4 is 4.74 Å². The van der Waals surface area contributed by atoms with E-state index in [1.165, 1.54) is 0 Å². The SMILES string of the molecule is C=C(C)[C@H]1CC(=O)[C@H](C)[C@H]1COCc1ccc(OC)cc1. The van der Waals surface area contributed by atoms with Gasteiger partial charge in [-0.1, -0.05) is 31.2 Å². The summed E-state index contributed by atoms with van der Waals surface area (Å²) in [6.45, 7) is 9.20. The van der Waals surface area contributed by atoms with Crippen LogP contribution in [0.2, 0.25) is 0 Å². The van der Waals surface area contributed by atoms with E-state index in [1.54, 1.807) is 7.11 Å². The molecular weight excluding hydrogens is 264 g/mol. The molecule has 1 fully saturated rings. The van der Waals surface area contributed by atoms with Crippen LogP contribution in [-0.4, -0.2) is 19.5 Å². The lowest BCUT2D eigenvalue weighted by molar-refractivity contribution is -0.121. The van der Waals surface area contributed by atoms with Gasteiger partial charge in [-0.05, 0) is 36.5 Å². The molecule has 0 amide bonds. The van der Waals surface area contributed by atoms with Crippen molar-refractivity contribution in [2.45, 2.75) is 26.9 Å². The summed E-state index contributed by atoms with van der Waals surface area (Å²) in [6.07, 6.45) is 0.618. The van der Waals surface area contributed by atoms with Gasteiger partial charge in [-0.25, -0.2) is 0 Å². The summed E-state index contributed by atoms with van der Waals surface area (Å²) in [4.78, 5) is 11.9.